The van der Waals surface area contributed by atoms with Gasteiger partial charge in [-0.1, -0.05) is 55.9 Å². The monoisotopic (exact) mass is 446 g/mol. The molecule has 0 spiro atoms. The Morgan fingerprint density at radius 3 is 2.57 bits per heavy atom. The molecule has 2 atom stereocenters. The highest BCUT2D eigenvalue weighted by molar-refractivity contribution is 8.16. The van der Waals surface area contributed by atoms with E-state index in [1.807, 2.05) is 29.2 Å². The second-order valence-electron chi connectivity index (χ2n) is 7.98. The van der Waals surface area contributed by atoms with Crippen LogP contribution in [0, 0.1) is 5.82 Å². The van der Waals surface area contributed by atoms with Crippen LogP contribution < -0.4 is 4.90 Å². The summed E-state index contributed by atoms with van der Waals surface area (Å²) in [6.45, 7) is 4.17. The maximum Gasteiger partial charge on any atom is 0.252 e. The summed E-state index contributed by atoms with van der Waals surface area (Å²) in [6, 6.07) is 13.4. The van der Waals surface area contributed by atoms with Gasteiger partial charge in [0.05, 0.1) is 24.0 Å². The van der Waals surface area contributed by atoms with E-state index in [1.165, 1.54) is 23.9 Å². The summed E-state index contributed by atoms with van der Waals surface area (Å²) < 4.78 is 37.6. The fourth-order valence-electron chi connectivity index (χ4n) is 3.96. The number of carbonyl (C=O) groups excluding carboxylic acids is 1. The third-order valence-electron chi connectivity index (χ3n) is 5.37. The van der Waals surface area contributed by atoms with Gasteiger partial charge in [-0.15, -0.1) is 0 Å². The minimum absolute atomic E-state index is 0.0578. The molecule has 0 aliphatic carbocycles. The van der Waals surface area contributed by atoms with Gasteiger partial charge in [-0.25, -0.2) is 12.8 Å². The number of carbonyl (C=O) groups is 1. The zero-order valence-corrected chi connectivity index (χ0v) is 18.4. The smallest absolute Gasteiger partial charge is 0.252 e. The molecule has 5 nitrogen and oxygen atoms in total. The van der Waals surface area contributed by atoms with E-state index in [9.17, 15) is 17.6 Å². The Balaban J connectivity index is 1.69. The average molecular weight is 447 g/mol. The highest BCUT2D eigenvalue weighted by Gasteiger charge is 2.49. The van der Waals surface area contributed by atoms with E-state index in [0.29, 0.717) is 10.7 Å². The van der Waals surface area contributed by atoms with Crippen LogP contribution in [0.15, 0.2) is 53.5 Å². The molecule has 2 saturated heterocycles. The predicted molar refractivity (Wildman–Crippen MR) is 119 cm³/mol. The van der Waals surface area contributed by atoms with Crippen LogP contribution in [0.5, 0.6) is 0 Å². The number of sulfone groups is 1. The van der Waals surface area contributed by atoms with Crippen LogP contribution in [0.2, 0.25) is 0 Å². The van der Waals surface area contributed by atoms with E-state index in [0.717, 1.165) is 11.3 Å². The number of amides is 1. The van der Waals surface area contributed by atoms with E-state index in [1.54, 1.807) is 12.1 Å². The van der Waals surface area contributed by atoms with Crippen molar-refractivity contribution in [3.8, 4) is 0 Å². The van der Waals surface area contributed by atoms with Crippen molar-refractivity contribution in [3.05, 3.63) is 65.5 Å². The van der Waals surface area contributed by atoms with Gasteiger partial charge in [0, 0.05) is 10.9 Å². The van der Waals surface area contributed by atoms with E-state index in [4.69, 9.17) is 0 Å². The van der Waals surface area contributed by atoms with E-state index >= 15 is 0 Å². The van der Waals surface area contributed by atoms with Crippen molar-refractivity contribution in [3.63, 3.8) is 0 Å². The van der Waals surface area contributed by atoms with Crippen LogP contribution in [0.4, 0.5) is 10.1 Å². The quantitative estimate of drug-likeness (QED) is 0.715. The van der Waals surface area contributed by atoms with Gasteiger partial charge >= 0.3 is 0 Å². The number of anilines is 1. The summed E-state index contributed by atoms with van der Waals surface area (Å²) in [6.07, 6.45) is 0.0671. The molecular weight excluding hydrogens is 423 g/mol. The van der Waals surface area contributed by atoms with Crippen molar-refractivity contribution in [2.24, 2.45) is 4.99 Å². The fraction of sp³-hybridized carbons (Fsp3) is 0.364. The van der Waals surface area contributed by atoms with Crippen LogP contribution in [0.3, 0.4) is 0 Å². The first-order valence-electron chi connectivity index (χ1n) is 9.85. The Morgan fingerprint density at radius 1 is 1.17 bits per heavy atom. The third-order valence-corrected chi connectivity index (χ3v) is 8.58. The Hall–Kier alpha value is -2.19. The van der Waals surface area contributed by atoms with E-state index in [-0.39, 0.29) is 46.9 Å². The van der Waals surface area contributed by atoms with Crippen molar-refractivity contribution in [2.45, 2.75) is 37.5 Å². The third kappa shape index (κ3) is 4.30. The van der Waals surface area contributed by atoms with E-state index in [2.05, 4.69) is 18.8 Å². The highest BCUT2D eigenvalue weighted by Crippen LogP contribution is 2.43. The number of halogens is 1. The lowest BCUT2D eigenvalue weighted by Gasteiger charge is -2.28. The van der Waals surface area contributed by atoms with Crippen LogP contribution in [-0.2, 0) is 21.1 Å². The molecule has 2 aromatic carbocycles. The lowest BCUT2D eigenvalue weighted by Crippen LogP contribution is -2.38. The number of benzene rings is 2. The summed E-state index contributed by atoms with van der Waals surface area (Å²) in [5.41, 5.74) is 2.67. The maximum atomic E-state index is 13.1. The van der Waals surface area contributed by atoms with Crippen molar-refractivity contribution < 1.29 is 17.6 Å². The summed E-state index contributed by atoms with van der Waals surface area (Å²) in [5.74, 6) is -0.302. The largest absolute Gasteiger partial charge is 0.315 e. The number of hydrogen-bond acceptors (Lipinski definition) is 4. The number of amidine groups is 1. The van der Waals surface area contributed by atoms with Crippen LogP contribution >= 0.6 is 11.8 Å². The molecule has 2 aromatic rings. The maximum absolute atomic E-state index is 13.1. The van der Waals surface area contributed by atoms with Crippen molar-refractivity contribution in [2.75, 3.05) is 16.4 Å². The second kappa shape index (κ2) is 8.15. The molecule has 2 heterocycles. The summed E-state index contributed by atoms with van der Waals surface area (Å²) >= 11 is 1.36. The van der Waals surface area contributed by atoms with Gasteiger partial charge in [0.1, 0.15) is 5.82 Å². The molecule has 158 valence electrons. The topological polar surface area (TPSA) is 66.8 Å². The fourth-order valence-corrected chi connectivity index (χ4v) is 7.89. The Morgan fingerprint density at radius 2 is 1.87 bits per heavy atom. The lowest BCUT2D eigenvalue weighted by atomic mass is 9.99. The molecule has 1 amide bonds. The SMILES string of the molecule is CC(C)c1ccccc1N1C(=NC(=O)Cc2ccc(F)cc2)S[C@H]2CS(=O)(=O)C[C@@H]21. The molecule has 0 aromatic heterocycles. The number of nitrogens with zero attached hydrogens (tertiary/aromatic N) is 2. The average Bonchev–Trinajstić information content (AvgIpc) is 3.14. The lowest BCUT2D eigenvalue weighted by molar-refractivity contribution is -0.117. The molecule has 2 aliphatic rings. The molecule has 0 radical (unpaired) electrons. The molecule has 8 heteroatoms. The first-order chi connectivity index (χ1) is 14.2. The number of hydrogen-bond donors (Lipinski definition) is 0. The molecule has 2 fully saturated rings. The minimum Gasteiger partial charge on any atom is -0.315 e. The second-order valence-corrected chi connectivity index (χ2v) is 11.3. The molecule has 2 aliphatic heterocycles. The van der Waals surface area contributed by atoms with Gasteiger partial charge in [0.25, 0.3) is 5.91 Å². The molecule has 4 rings (SSSR count). The van der Waals surface area contributed by atoms with Crippen molar-refractivity contribution in [1.82, 2.24) is 0 Å². The number of aliphatic imine (C=N–C) groups is 1. The zero-order valence-electron chi connectivity index (χ0n) is 16.8. The summed E-state index contributed by atoms with van der Waals surface area (Å²) in [7, 11) is -3.12. The van der Waals surface area contributed by atoms with Crippen LogP contribution in [0.25, 0.3) is 0 Å². The molecular formula is C22H23FN2O3S2. The molecule has 0 bridgehead atoms. The first-order valence-corrected chi connectivity index (χ1v) is 12.5. The normalized spacial score (nSPS) is 23.9. The number of para-hydroxylation sites is 1. The molecule has 0 saturated carbocycles. The minimum atomic E-state index is -3.12. The van der Waals surface area contributed by atoms with Gasteiger partial charge in [0.15, 0.2) is 15.0 Å². The van der Waals surface area contributed by atoms with Crippen LogP contribution in [0.1, 0.15) is 30.9 Å². The molecule has 0 unspecified atom stereocenters. The zero-order chi connectivity index (χ0) is 21.5. The number of fused-ring (bicyclic) bond motifs is 1. The number of rotatable bonds is 4. The number of thioether (sulfide) groups is 1. The molecule has 30 heavy (non-hydrogen) atoms. The Bertz CT molecular complexity index is 1100. The molecule has 0 N–H and O–H groups in total. The Labute approximate surface area is 180 Å². The van der Waals surface area contributed by atoms with Gasteiger partial charge in [-0.3, -0.25) is 4.79 Å². The van der Waals surface area contributed by atoms with Crippen LogP contribution in [-0.4, -0.2) is 42.3 Å². The van der Waals surface area contributed by atoms with Gasteiger partial charge in [-0.05, 0) is 35.2 Å². The van der Waals surface area contributed by atoms with Crippen molar-refractivity contribution >= 4 is 38.4 Å². The van der Waals surface area contributed by atoms with Gasteiger partial charge < -0.3 is 4.90 Å². The first kappa shape index (κ1) is 21.1. The Kier molecular flexibility index (Phi) is 5.72. The van der Waals surface area contributed by atoms with Gasteiger partial charge in [0.2, 0.25) is 0 Å². The summed E-state index contributed by atoms with van der Waals surface area (Å²) in [5, 5.41) is 0.396. The summed E-state index contributed by atoms with van der Waals surface area (Å²) in [4.78, 5) is 19.0. The van der Waals surface area contributed by atoms with Crippen molar-refractivity contribution in [1.29, 1.82) is 0 Å². The van der Waals surface area contributed by atoms with Gasteiger partial charge in [-0.2, -0.15) is 4.99 Å². The predicted octanol–water partition coefficient (Wildman–Crippen LogP) is 3.79. The van der Waals surface area contributed by atoms with E-state index < -0.39 is 9.84 Å². The standard InChI is InChI=1S/C22H23FN2O3S2/c1-14(2)17-5-3-4-6-18(17)25-19-12-30(27,28)13-20(19)29-22(25)24-21(26)11-15-7-9-16(23)10-8-15/h3-10,14,19-20H,11-13H2,1-2H3/t19-,20-/m0/s1. The highest BCUT2D eigenvalue weighted by atomic mass is 32.2.